The third-order valence-electron chi connectivity index (χ3n) is 3.09. The van der Waals surface area contributed by atoms with Gasteiger partial charge in [-0.2, -0.15) is 0 Å². The Morgan fingerprint density at radius 1 is 1.38 bits per heavy atom. The third-order valence-corrected chi connectivity index (χ3v) is 4.27. The number of ether oxygens (including phenoxy) is 1. The first-order valence-corrected chi connectivity index (χ1v) is 8.08. The van der Waals surface area contributed by atoms with Crippen LogP contribution in [0.2, 0.25) is 0 Å². The maximum atomic E-state index is 12.2. The number of aryl methyl sites for hydroxylation is 1. The van der Waals surface area contributed by atoms with Gasteiger partial charge in [-0.05, 0) is 18.4 Å². The zero-order valence-electron chi connectivity index (χ0n) is 13.7. The van der Waals surface area contributed by atoms with E-state index in [1.54, 1.807) is 0 Å². The number of carbonyl (C=O) groups is 2. The Bertz CT molecular complexity index is 733. The minimum atomic E-state index is -0.886. The second-order valence-electron chi connectivity index (χ2n) is 5.52. The van der Waals surface area contributed by atoms with E-state index in [0.29, 0.717) is 22.1 Å². The third kappa shape index (κ3) is 4.78. The lowest BCUT2D eigenvalue weighted by Crippen LogP contribution is -2.10. The maximum absolute atomic E-state index is 12.2. The lowest BCUT2D eigenvalue weighted by atomic mass is 10.2. The van der Waals surface area contributed by atoms with E-state index in [1.165, 1.54) is 17.7 Å². The number of halogens is 1. The van der Waals surface area contributed by atoms with Crippen LogP contribution in [-0.2, 0) is 9.53 Å². The van der Waals surface area contributed by atoms with Crippen molar-refractivity contribution in [3.63, 3.8) is 0 Å². The molecule has 7 nitrogen and oxygen atoms in total. The molecule has 0 aliphatic carbocycles. The minimum absolute atomic E-state index is 0. The summed E-state index contributed by atoms with van der Waals surface area (Å²) in [6.45, 7) is 6.38. The first kappa shape index (κ1) is 20.1. The topological polar surface area (TPSA) is 101 Å². The summed E-state index contributed by atoms with van der Waals surface area (Å²) >= 11 is 1.26. The van der Waals surface area contributed by atoms with E-state index < -0.39 is 5.97 Å². The monoisotopic (exact) mass is 373 g/mol. The predicted octanol–water partition coefficient (Wildman–Crippen LogP) is 3.12. The Kier molecular flexibility index (Phi) is 7.37. The number of fused-ring (bicyclic) bond motifs is 1. The van der Waals surface area contributed by atoms with E-state index in [4.69, 9.17) is 9.84 Å². The molecule has 0 spiro atoms. The molecule has 2 aromatic heterocycles. The molecule has 0 amide bonds. The number of anilines is 1. The Labute approximate surface area is 149 Å². The number of nitrogens with one attached hydrogen (secondary N) is 1. The number of esters is 1. The molecule has 0 radical (unpaired) electrons. The van der Waals surface area contributed by atoms with Gasteiger partial charge in [-0.15, -0.1) is 23.7 Å². The zero-order valence-corrected chi connectivity index (χ0v) is 15.3. The molecule has 0 unspecified atom stereocenters. The van der Waals surface area contributed by atoms with Gasteiger partial charge in [-0.3, -0.25) is 4.79 Å². The Morgan fingerprint density at radius 3 is 2.71 bits per heavy atom. The van der Waals surface area contributed by atoms with Crippen molar-refractivity contribution < 1.29 is 19.4 Å². The van der Waals surface area contributed by atoms with Crippen molar-refractivity contribution in [1.29, 1.82) is 0 Å². The van der Waals surface area contributed by atoms with Crippen LogP contribution in [0.1, 0.15) is 35.5 Å². The molecule has 0 fully saturated rings. The minimum Gasteiger partial charge on any atom is -0.481 e. The van der Waals surface area contributed by atoms with Crippen LogP contribution in [0.5, 0.6) is 0 Å². The summed E-state index contributed by atoms with van der Waals surface area (Å²) in [4.78, 5) is 32.3. The predicted molar refractivity (Wildman–Crippen MR) is 95.3 cm³/mol. The Morgan fingerprint density at radius 2 is 2.08 bits per heavy atom. The first-order chi connectivity index (χ1) is 10.9. The van der Waals surface area contributed by atoms with Gasteiger partial charge in [0, 0.05) is 6.54 Å². The van der Waals surface area contributed by atoms with Crippen molar-refractivity contribution in [2.24, 2.45) is 5.92 Å². The largest absolute Gasteiger partial charge is 0.481 e. The van der Waals surface area contributed by atoms with Gasteiger partial charge >= 0.3 is 11.9 Å². The number of rotatable bonds is 7. The summed E-state index contributed by atoms with van der Waals surface area (Å²) in [6.07, 6.45) is 1.38. The molecule has 0 bridgehead atoms. The maximum Gasteiger partial charge on any atom is 0.348 e. The molecule has 0 saturated carbocycles. The second-order valence-corrected chi connectivity index (χ2v) is 6.52. The van der Waals surface area contributed by atoms with Crippen LogP contribution in [0.3, 0.4) is 0 Å². The van der Waals surface area contributed by atoms with Gasteiger partial charge in [0.25, 0.3) is 0 Å². The lowest BCUT2D eigenvalue weighted by Gasteiger charge is -2.07. The molecule has 132 valence electrons. The summed E-state index contributed by atoms with van der Waals surface area (Å²) in [5.74, 6) is -0.451. The van der Waals surface area contributed by atoms with E-state index in [9.17, 15) is 9.59 Å². The molecule has 0 aliphatic heterocycles. The van der Waals surface area contributed by atoms with E-state index in [-0.39, 0.29) is 37.3 Å². The van der Waals surface area contributed by atoms with Crippen LogP contribution >= 0.6 is 23.7 Å². The highest BCUT2D eigenvalue weighted by Gasteiger charge is 2.20. The van der Waals surface area contributed by atoms with E-state index >= 15 is 0 Å². The second kappa shape index (κ2) is 8.79. The molecular weight excluding hydrogens is 354 g/mol. The van der Waals surface area contributed by atoms with Crippen molar-refractivity contribution in [2.45, 2.75) is 27.2 Å². The van der Waals surface area contributed by atoms with Gasteiger partial charge in [-0.25, -0.2) is 14.8 Å². The van der Waals surface area contributed by atoms with E-state index in [1.807, 2.05) is 20.8 Å². The van der Waals surface area contributed by atoms with Gasteiger partial charge < -0.3 is 15.2 Å². The van der Waals surface area contributed by atoms with Crippen molar-refractivity contribution >= 4 is 51.7 Å². The molecule has 0 aliphatic rings. The number of aliphatic carboxylic acids is 1. The fourth-order valence-electron chi connectivity index (χ4n) is 2.00. The van der Waals surface area contributed by atoms with Crippen LogP contribution in [0.15, 0.2) is 6.33 Å². The van der Waals surface area contributed by atoms with Crippen molar-refractivity contribution in [3.05, 3.63) is 16.8 Å². The summed E-state index contributed by atoms with van der Waals surface area (Å²) in [7, 11) is 0. The van der Waals surface area contributed by atoms with Crippen molar-refractivity contribution in [1.82, 2.24) is 9.97 Å². The number of carboxylic acids is 1. The van der Waals surface area contributed by atoms with Crippen LogP contribution in [-0.4, -0.2) is 40.2 Å². The molecule has 2 N–H and O–H groups in total. The fraction of sp³-hybridized carbons (Fsp3) is 0.467. The van der Waals surface area contributed by atoms with Crippen LogP contribution in [0, 0.1) is 12.8 Å². The summed E-state index contributed by atoms with van der Waals surface area (Å²) in [5.41, 5.74) is 0.747. The number of aromatic nitrogens is 2. The summed E-state index contributed by atoms with van der Waals surface area (Å²) in [6, 6.07) is 0. The van der Waals surface area contributed by atoms with Gasteiger partial charge in [0.1, 0.15) is 21.9 Å². The van der Waals surface area contributed by atoms with Crippen molar-refractivity contribution in [3.8, 4) is 0 Å². The van der Waals surface area contributed by atoms with Gasteiger partial charge in [0.2, 0.25) is 0 Å². The highest BCUT2D eigenvalue weighted by atomic mass is 35.5. The molecule has 0 saturated heterocycles. The number of hydrogen-bond donors (Lipinski definition) is 2. The average molecular weight is 374 g/mol. The van der Waals surface area contributed by atoms with Gasteiger partial charge in [0.15, 0.2) is 0 Å². The highest BCUT2D eigenvalue weighted by Crippen LogP contribution is 2.33. The molecule has 24 heavy (non-hydrogen) atoms. The highest BCUT2D eigenvalue weighted by molar-refractivity contribution is 7.20. The summed E-state index contributed by atoms with van der Waals surface area (Å²) < 4.78 is 5.28. The van der Waals surface area contributed by atoms with E-state index in [0.717, 1.165) is 10.9 Å². The van der Waals surface area contributed by atoms with Gasteiger partial charge in [0.05, 0.1) is 18.4 Å². The molecule has 0 aromatic carbocycles. The van der Waals surface area contributed by atoms with Crippen LogP contribution in [0.4, 0.5) is 5.82 Å². The van der Waals surface area contributed by atoms with Gasteiger partial charge in [-0.1, -0.05) is 13.8 Å². The normalized spacial score (nSPS) is 10.5. The van der Waals surface area contributed by atoms with Crippen LogP contribution in [0.25, 0.3) is 10.2 Å². The number of carbonyl (C=O) groups excluding carboxylic acids is 1. The van der Waals surface area contributed by atoms with Crippen molar-refractivity contribution in [2.75, 3.05) is 18.5 Å². The smallest absolute Gasteiger partial charge is 0.348 e. The number of thiophene rings is 1. The zero-order chi connectivity index (χ0) is 17.0. The molecule has 2 rings (SSSR count). The Hall–Kier alpha value is -1.93. The number of nitrogens with zero attached hydrogens (tertiary/aromatic N) is 2. The standard InChI is InChI=1S/C15H19N3O4S.ClH/c1-8(2)6-22-15(21)12-9(3)11-13(16-5-4-10(19)20)17-7-18-14(11)23-12;/h7-8H,4-6H2,1-3H3,(H,19,20)(H,16,17,18);1H. The first-order valence-electron chi connectivity index (χ1n) is 7.27. The molecule has 9 heteroatoms. The van der Waals surface area contributed by atoms with Crippen LogP contribution < -0.4 is 5.32 Å². The fourth-order valence-corrected chi connectivity index (χ4v) is 3.04. The Balaban J connectivity index is 0.00000288. The number of hydrogen-bond acceptors (Lipinski definition) is 7. The summed E-state index contributed by atoms with van der Waals surface area (Å²) in [5, 5.41) is 12.4. The molecule has 2 heterocycles. The number of carboxylic acid groups (broad SMARTS) is 1. The quantitative estimate of drug-likeness (QED) is 0.719. The van der Waals surface area contributed by atoms with E-state index in [2.05, 4.69) is 15.3 Å². The molecule has 2 aromatic rings. The lowest BCUT2D eigenvalue weighted by molar-refractivity contribution is -0.136. The SMILES string of the molecule is Cc1c(C(=O)OCC(C)C)sc2ncnc(NCCC(=O)O)c12.Cl. The molecular formula is C15H20ClN3O4S. The average Bonchev–Trinajstić information content (AvgIpc) is 2.82. The molecule has 0 atom stereocenters.